The van der Waals surface area contributed by atoms with Crippen molar-refractivity contribution in [2.45, 2.75) is 12.3 Å². The second-order valence-corrected chi connectivity index (χ2v) is 3.38. The van der Waals surface area contributed by atoms with Gasteiger partial charge in [0.2, 0.25) is 5.91 Å². The normalized spacial score (nSPS) is 12.3. The zero-order valence-corrected chi connectivity index (χ0v) is 8.11. The Morgan fingerprint density at radius 2 is 2.14 bits per heavy atom. The van der Waals surface area contributed by atoms with Gasteiger partial charge in [0, 0.05) is 6.07 Å². The SMILES string of the molecule is C[C@@H](Cl)C(=O)Nc1cc(F)ccc1F. The molecule has 1 aromatic carbocycles. The first-order chi connectivity index (χ1) is 6.50. The van der Waals surface area contributed by atoms with E-state index in [1.165, 1.54) is 6.92 Å². The molecule has 0 aliphatic rings. The van der Waals surface area contributed by atoms with Crippen LogP contribution in [0.1, 0.15) is 6.92 Å². The molecule has 14 heavy (non-hydrogen) atoms. The summed E-state index contributed by atoms with van der Waals surface area (Å²) in [5.41, 5.74) is -0.206. The summed E-state index contributed by atoms with van der Waals surface area (Å²) >= 11 is 5.44. The number of rotatable bonds is 2. The number of hydrogen-bond acceptors (Lipinski definition) is 1. The summed E-state index contributed by atoms with van der Waals surface area (Å²) in [7, 11) is 0. The van der Waals surface area contributed by atoms with Crippen molar-refractivity contribution in [2.75, 3.05) is 5.32 Å². The van der Waals surface area contributed by atoms with E-state index in [1.807, 2.05) is 0 Å². The maximum atomic E-state index is 13.0. The van der Waals surface area contributed by atoms with E-state index in [1.54, 1.807) is 0 Å². The molecule has 0 aliphatic heterocycles. The van der Waals surface area contributed by atoms with E-state index in [0.29, 0.717) is 0 Å². The van der Waals surface area contributed by atoms with Crippen LogP contribution in [0, 0.1) is 11.6 Å². The third-order valence-electron chi connectivity index (χ3n) is 1.55. The van der Waals surface area contributed by atoms with Gasteiger partial charge < -0.3 is 5.32 Å². The van der Waals surface area contributed by atoms with Crippen molar-refractivity contribution in [3.8, 4) is 0 Å². The summed E-state index contributed by atoms with van der Waals surface area (Å²) in [4.78, 5) is 11.0. The number of carbonyl (C=O) groups excluding carboxylic acids is 1. The molecule has 0 aliphatic carbocycles. The third kappa shape index (κ3) is 2.67. The highest BCUT2D eigenvalue weighted by Crippen LogP contribution is 2.15. The van der Waals surface area contributed by atoms with E-state index in [2.05, 4.69) is 5.32 Å². The Kier molecular flexibility index (Phi) is 3.41. The minimum Gasteiger partial charge on any atom is -0.322 e. The molecule has 0 heterocycles. The number of benzene rings is 1. The van der Waals surface area contributed by atoms with Crippen LogP contribution in [-0.2, 0) is 4.79 Å². The third-order valence-corrected chi connectivity index (χ3v) is 1.75. The Hall–Kier alpha value is -1.16. The fourth-order valence-corrected chi connectivity index (χ4v) is 0.880. The molecule has 0 saturated heterocycles. The smallest absolute Gasteiger partial charge is 0.242 e. The van der Waals surface area contributed by atoms with Crippen molar-refractivity contribution in [1.82, 2.24) is 0 Å². The molecule has 1 N–H and O–H groups in total. The average molecular weight is 220 g/mol. The Balaban J connectivity index is 2.86. The summed E-state index contributed by atoms with van der Waals surface area (Å²) < 4.78 is 25.6. The first-order valence-electron chi connectivity index (χ1n) is 3.90. The molecule has 76 valence electrons. The lowest BCUT2D eigenvalue weighted by Crippen LogP contribution is -2.21. The minimum absolute atomic E-state index is 0.206. The second kappa shape index (κ2) is 4.37. The molecule has 1 atom stereocenters. The predicted molar refractivity (Wildman–Crippen MR) is 50.3 cm³/mol. The Bertz CT molecular complexity index is 355. The van der Waals surface area contributed by atoms with Crippen LogP contribution in [-0.4, -0.2) is 11.3 Å². The summed E-state index contributed by atoms with van der Waals surface area (Å²) in [6.07, 6.45) is 0. The first-order valence-corrected chi connectivity index (χ1v) is 4.34. The molecule has 1 amide bonds. The van der Waals surface area contributed by atoms with E-state index in [-0.39, 0.29) is 5.69 Å². The van der Waals surface area contributed by atoms with Crippen LogP contribution in [0.5, 0.6) is 0 Å². The number of anilines is 1. The lowest BCUT2D eigenvalue weighted by molar-refractivity contribution is -0.115. The number of nitrogens with one attached hydrogen (secondary N) is 1. The molecule has 1 aromatic rings. The van der Waals surface area contributed by atoms with Gasteiger partial charge in [0.15, 0.2) is 0 Å². The van der Waals surface area contributed by atoms with E-state index in [4.69, 9.17) is 11.6 Å². The van der Waals surface area contributed by atoms with Crippen molar-refractivity contribution in [3.63, 3.8) is 0 Å². The first kappa shape index (κ1) is 10.9. The van der Waals surface area contributed by atoms with E-state index in [0.717, 1.165) is 18.2 Å². The van der Waals surface area contributed by atoms with Crippen LogP contribution < -0.4 is 5.32 Å². The molecule has 0 spiro atoms. The van der Waals surface area contributed by atoms with Crippen molar-refractivity contribution in [1.29, 1.82) is 0 Å². The topological polar surface area (TPSA) is 29.1 Å². The molecule has 5 heteroatoms. The number of carbonyl (C=O) groups is 1. The highest BCUT2D eigenvalue weighted by molar-refractivity contribution is 6.32. The van der Waals surface area contributed by atoms with Gasteiger partial charge in [-0.1, -0.05) is 0 Å². The molecule has 0 saturated carbocycles. The van der Waals surface area contributed by atoms with Crippen LogP contribution in [0.25, 0.3) is 0 Å². The number of halogens is 3. The van der Waals surface area contributed by atoms with Crippen LogP contribution >= 0.6 is 11.6 Å². The van der Waals surface area contributed by atoms with Crippen molar-refractivity contribution in [3.05, 3.63) is 29.8 Å². The van der Waals surface area contributed by atoms with Gasteiger partial charge in [0.05, 0.1) is 5.69 Å². The quantitative estimate of drug-likeness (QED) is 0.761. The van der Waals surface area contributed by atoms with E-state index >= 15 is 0 Å². The van der Waals surface area contributed by atoms with Gasteiger partial charge in [-0.25, -0.2) is 8.78 Å². The fraction of sp³-hybridized carbons (Fsp3) is 0.222. The monoisotopic (exact) mass is 219 g/mol. The van der Waals surface area contributed by atoms with Gasteiger partial charge in [-0.05, 0) is 19.1 Å². The lowest BCUT2D eigenvalue weighted by atomic mass is 10.3. The lowest BCUT2D eigenvalue weighted by Gasteiger charge is -2.07. The van der Waals surface area contributed by atoms with Crippen molar-refractivity contribution in [2.24, 2.45) is 0 Å². The Labute approximate surface area is 84.9 Å². The number of hydrogen-bond donors (Lipinski definition) is 1. The van der Waals surface area contributed by atoms with Crippen LogP contribution in [0.4, 0.5) is 14.5 Å². The minimum atomic E-state index is -0.794. The fourth-order valence-electron chi connectivity index (χ4n) is 0.825. The highest BCUT2D eigenvalue weighted by Gasteiger charge is 2.12. The Morgan fingerprint density at radius 1 is 1.50 bits per heavy atom. The maximum absolute atomic E-state index is 13.0. The molecule has 0 radical (unpaired) electrons. The molecule has 0 bridgehead atoms. The summed E-state index contributed by atoms with van der Waals surface area (Å²) in [6, 6.07) is 2.80. The largest absolute Gasteiger partial charge is 0.322 e. The van der Waals surface area contributed by atoms with Gasteiger partial charge in [0.1, 0.15) is 17.0 Å². The van der Waals surface area contributed by atoms with Gasteiger partial charge in [-0.2, -0.15) is 0 Å². The molecule has 0 aromatic heterocycles. The average Bonchev–Trinajstić information content (AvgIpc) is 2.11. The van der Waals surface area contributed by atoms with E-state index < -0.39 is 22.9 Å². The zero-order chi connectivity index (χ0) is 10.7. The maximum Gasteiger partial charge on any atom is 0.242 e. The van der Waals surface area contributed by atoms with Crippen molar-refractivity contribution >= 4 is 23.2 Å². The standard InChI is InChI=1S/C9H8ClF2NO/c1-5(10)9(14)13-8-4-6(11)2-3-7(8)12/h2-5H,1H3,(H,13,14)/t5-/m1/s1. The molecular weight excluding hydrogens is 212 g/mol. The van der Waals surface area contributed by atoms with Gasteiger partial charge >= 0.3 is 0 Å². The molecule has 2 nitrogen and oxygen atoms in total. The zero-order valence-electron chi connectivity index (χ0n) is 7.35. The molecule has 1 rings (SSSR count). The van der Waals surface area contributed by atoms with Crippen LogP contribution in [0.3, 0.4) is 0 Å². The number of alkyl halides is 1. The van der Waals surface area contributed by atoms with E-state index in [9.17, 15) is 13.6 Å². The van der Waals surface area contributed by atoms with Gasteiger partial charge in [0.25, 0.3) is 0 Å². The van der Waals surface area contributed by atoms with Crippen LogP contribution in [0.2, 0.25) is 0 Å². The second-order valence-electron chi connectivity index (χ2n) is 2.73. The number of amides is 1. The predicted octanol–water partition coefficient (Wildman–Crippen LogP) is 2.53. The molecule has 0 unspecified atom stereocenters. The molecular formula is C9H8ClF2NO. The summed E-state index contributed by atoms with van der Waals surface area (Å²) in [5, 5.41) is 1.37. The van der Waals surface area contributed by atoms with Gasteiger partial charge in [-0.3, -0.25) is 4.79 Å². The highest BCUT2D eigenvalue weighted by atomic mass is 35.5. The Morgan fingerprint density at radius 3 is 2.71 bits per heavy atom. The molecule has 0 fully saturated rings. The van der Waals surface area contributed by atoms with Crippen LogP contribution in [0.15, 0.2) is 18.2 Å². The van der Waals surface area contributed by atoms with Gasteiger partial charge in [-0.15, -0.1) is 11.6 Å². The summed E-state index contributed by atoms with van der Waals surface area (Å²) in [6.45, 7) is 1.44. The summed E-state index contributed by atoms with van der Waals surface area (Å²) in [5.74, 6) is -1.89. The van der Waals surface area contributed by atoms with Crippen molar-refractivity contribution < 1.29 is 13.6 Å².